The summed E-state index contributed by atoms with van der Waals surface area (Å²) in [5, 5.41) is 0. The van der Waals surface area contributed by atoms with E-state index < -0.39 is 0 Å². The maximum Gasteiger partial charge on any atom is 0.129 e. The van der Waals surface area contributed by atoms with Crippen molar-refractivity contribution in [2.75, 3.05) is 13.7 Å². The first-order valence-corrected chi connectivity index (χ1v) is 4.84. The van der Waals surface area contributed by atoms with Gasteiger partial charge in [0.2, 0.25) is 0 Å². The van der Waals surface area contributed by atoms with Gasteiger partial charge in [-0.15, -0.1) is 0 Å². The Morgan fingerprint density at radius 1 is 1.36 bits per heavy atom. The van der Waals surface area contributed by atoms with E-state index in [0.717, 1.165) is 17.9 Å². The van der Waals surface area contributed by atoms with Crippen LogP contribution in [0, 0.1) is 5.41 Å². The smallest absolute Gasteiger partial charge is 0.129 e. The van der Waals surface area contributed by atoms with Gasteiger partial charge in [0.05, 0.1) is 0 Å². The molecule has 0 fully saturated rings. The van der Waals surface area contributed by atoms with Gasteiger partial charge in [-0.1, -0.05) is 13.8 Å². The minimum atomic E-state index is 0.0994. The topological polar surface area (TPSA) is 48.4 Å². The van der Waals surface area contributed by atoms with Crippen LogP contribution in [0.2, 0.25) is 0 Å². The summed E-state index contributed by atoms with van der Waals surface area (Å²) in [6.45, 7) is 5.45. The third-order valence-electron chi connectivity index (χ3n) is 2.21. The molecule has 14 heavy (non-hydrogen) atoms. The second kappa shape index (κ2) is 4.62. The summed E-state index contributed by atoms with van der Waals surface area (Å²) >= 11 is 0. The van der Waals surface area contributed by atoms with Gasteiger partial charge in [-0.05, 0) is 24.1 Å². The molecule has 0 radical (unpaired) electrons. The highest BCUT2D eigenvalue weighted by molar-refractivity contribution is 5.08. The minimum Gasteiger partial charge on any atom is -0.464 e. The zero-order valence-electron chi connectivity index (χ0n) is 9.17. The van der Waals surface area contributed by atoms with Crippen LogP contribution in [-0.4, -0.2) is 13.7 Å². The summed E-state index contributed by atoms with van der Waals surface area (Å²) in [5.41, 5.74) is 5.75. The molecule has 0 aliphatic carbocycles. The second-order valence-electron chi connectivity index (χ2n) is 4.35. The molecule has 0 bridgehead atoms. The fourth-order valence-corrected chi connectivity index (χ4v) is 1.28. The van der Waals surface area contributed by atoms with E-state index >= 15 is 0 Å². The average molecular weight is 197 g/mol. The first-order chi connectivity index (χ1) is 6.57. The number of hydrogen-bond acceptors (Lipinski definition) is 3. The molecular formula is C11H19NO2. The number of nitrogens with two attached hydrogens (primary N) is 1. The number of ether oxygens (including phenoxy) is 1. The molecule has 0 aliphatic heterocycles. The molecule has 0 amide bonds. The van der Waals surface area contributed by atoms with Crippen molar-refractivity contribution in [3.8, 4) is 0 Å². The second-order valence-corrected chi connectivity index (χ2v) is 4.35. The van der Waals surface area contributed by atoms with Crippen LogP contribution in [-0.2, 0) is 17.8 Å². The maximum atomic E-state index is 5.65. The van der Waals surface area contributed by atoms with E-state index in [2.05, 4.69) is 13.8 Å². The lowest BCUT2D eigenvalue weighted by Gasteiger charge is -2.20. The van der Waals surface area contributed by atoms with Crippen molar-refractivity contribution < 1.29 is 9.15 Å². The van der Waals surface area contributed by atoms with Gasteiger partial charge in [-0.25, -0.2) is 0 Å². The van der Waals surface area contributed by atoms with E-state index in [0.29, 0.717) is 13.2 Å². The molecule has 1 aromatic rings. The molecule has 0 unspecified atom stereocenters. The first kappa shape index (κ1) is 11.3. The lowest BCUT2D eigenvalue weighted by Crippen LogP contribution is -2.25. The predicted molar refractivity (Wildman–Crippen MR) is 56.0 cm³/mol. The monoisotopic (exact) mass is 197 g/mol. The van der Waals surface area contributed by atoms with Crippen molar-refractivity contribution in [2.45, 2.75) is 26.9 Å². The summed E-state index contributed by atoms with van der Waals surface area (Å²) in [6, 6.07) is 3.94. The lowest BCUT2D eigenvalue weighted by molar-refractivity contribution is 0.161. The molecule has 1 heterocycles. The zero-order chi connectivity index (χ0) is 10.6. The van der Waals surface area contributed by atoms with Crippen LogP contribution in [0.5, 0.6) is 0 Å². The van der Waals surface area contributed by atoms with Gasteiger partial charge in [0.25, 0.3) is 0 Å². The van der Waals surface area contributed by atoms with Crippen molar-refractivity contribution in [1.82, 2.24) is 0 Å². The van der Waals surface area contributed by atoms with E-state index in [-0.39, 0.29) is 5.41 Å². The zero-order valence-corrected chi connectivity index (χ0v) is 9.17. The third kappa shape index (κ3) is 3.16. The number of hydrogen-bond donors (Lipinski definition) is 1. The van der Waals surface area contributed by atoms with E-state index in [9.17, 15) is 0 Å². The summed E-state index contributed by atoms with van der Waals surface area (Å²) in [7, 11) is 1.66. The van der Waals surface area contributed by atoms with Crippen molar-refractivity contribution in [2.24, 2.45) is 11.1 Å². The SMILES string of the molecule is COCc1ccc(CC(C)(C)CN)o1. The summed E-state index contributed by atoms with van der Waals surface area (Å²) in [4.78, 5) is 0. The van der Waals surface area contributed by atoms with Gasteiger partial charge in [0.1, 0.15) is 18.1 Å². The molecule has 0 saturated heterocycles. The van der Waals surface area contributed by atoms with Crippen molar-refractivity contribution >= 4 is 0 Å². The van der Waals surface area contributed by atoms with Gasteiger partial charge >= 0.3 is 0 Å². The van der Waals surface area contributed by atoms with E-state index in [4.69, 9.17) is 14.9 Å². The van der Waals surface area contributed by atoms with Crippen LogP contribution in [0.25, 0.3) is 0 Å². The Morgan fingerprint density at radius 3 is 2.57 bits per heavy atom. The molecule has 3 heteroatoms. The fourth-order valence-electron chi connectivity index (χ4n) is 1.28. The van der Waals surface area contributed by atoms with E-state index in [1.54, 1.807) is 7.11 Å². The highest BCUT2D eigenvalue weighted by Crippen LogP contribution is 2.21. The molecule has 0 aliphatic rings. The molecule has 3 nitrogen and oxygen atoms in total. The Bertz CT molecular complexity index is 279. The normalized spacial score (nSPS) is 12.0. The minimum absolute atomic E-state index is 0.0994. The van der Waals surface area contributed by atoms with Gasteiger partial charge in [0, 0.05) is 13.5 Å². The first-order valence-electron chi connectivity index (χ1n) is 4.84. The highest BCUT2D eigenvalue weighted by Gasteiger charge is 2.18. The van der Waals surface area contributed by atoms with E-state index in [1.807, 2.05) is 12.1 Å². The number of rotatable bonds is 5. The Labute approximate surface area is 85.2 Å². The van der Waals surface area contributed by atoms with Crippen LogP contribution < -0.4 is 5.73 Å². The third-order valence-corrected chi connectivity index (χ3v) is 2.21. The Balaban J connectivity index is 2.59. The summed E-state index contributed by atoms with van der Waals surface area (Å²) < 4.78 is 10.6. The van der Waals surface area contributed by atoms with Crippen molar-refractivity contribution in [1.29, 1.82) is 0 Å². The summed E-state index contributed by atoms with van der Waals surface area (Å²) in [5.74, 6) is 1.85. The largest absolute Gasteiger partial charge is 0.464 e. The standard InChI is InChI=1S/C11H19NO2/c1-11(2,8-12)6-9-4-5-10(14-9)7-13-3/h4-5H,6-8,12H2,1-3H3. The summed E-state index contributed by atoms with van der Waals surface area (Å²) in [6.07, 6.45) is 0.868. The van der Waals surface area contributed by atoms with E-state index in [1.165, 1.54) is 0 Å². The Hall–Kier alpha value is -0.800. The Kier molecular flexibility index (Phi) is 3.72. The van der Waals surface area contributed by atoms with Crippen LogP contribution >= 0.6 is 0 Å². The molecule has 1 aromatic heterocycles. The number of methoxy groups -OCH3 is 1. The molecular weight excluding hydrogens is 178 g/mol. The molecule has 0 atom stereocenters. The van der Waals surface area contributed by atoms with Crippen LogP contribution in [0.3, 0.4) is 0 Å². The molecule has 0 saturated carbocycles. The highest BCUT2D eigenvalue weighted by atomic mass is 16.5. The lowest BCUT2D eigenvalue weighted by atomic mass is 9.88. The molecule has 0 aromatic carbocycles. The van der Waals surface area contributed by atoms with Crippen LogP contribution in [0.4, 0.5) is 0 Å². The van der Waals surface area contributed by atoms with Gasteiger partial charge in [-0.3, -0.25) is 0 Å². The van der Waals surface area contributed by atoms with Gasteiger partial charge in [0.15, 0.2) is 0 Å². The van der Waals surface area contributed by atoms with Crippen molar-refractivity contribution in [3.05, 3.63) is 23.7 Å². The van der Waals surface area contributed by atoms with Crippen LogP contribution in [0.15, 0.2) is 16.5 Å². The molecule has 80 valence electrons. The molecule has 1 rings (SSSR count). The quantitative estimate of drug-likeness (QED) is 0.785. The number of furan rings is 1. The average Bonchev–Trinajstić information content (AvgIpc) is 2.53. The predicted octanol–water partition coefficient (Wildman–Crippen LogP) is 1.95. The fraction of sp³-hybridized carbons (Fsp3) is 0.636. The maximum absolute atomic E-state index is 5.65. The molecule has 2 N–H and O–H groups in total. The van der Waals surface area contributed by atoms with Gasteiger partial charge in [-0.2, -0.15) is 0 Å². The Morgan fingerprint density at radius 2 is 2.00 bits per heavy atom. The molecule has 0 spiro atoms. The van der Waals surface area contributed by atoms with Crippen molar-refractivity contribution in [3.63, 3.8) is 0 Å². The van der Waals surface area contributed by atoms with Crippen LogP contribution in [0.1, 0.15) is 25.4 Å². The van der Waals surface area contributed by atoms with Gasteiger partial charge < -0.3 is 14.9 Å².